The van der Waals surface area contributed by atoms with Crippen LogP contribution in [0.3, 0.4) is 0 Å². The zero-order valence-electron chi connectivity index (χ0n) is 18.5. The molecule has 154 valence electrons. The molecule has 1 aromatic carbocycles. The molecule has 4 heteroatoms. The number of benzene rings is 1. The molecule has 3 rings (SSSR count). The van der Waals surface area contributed by atoms with E-state index in [1.165, 1.54) is 42.4 Å². The lowest BCUT2D eigenvalue weighted by molar-refractivity contribution is 0.645. The summed E-state index contributed by atoms with van der Waals surface area (Å²) in [4.78, 5) is 9.56. The number of hydrogen-bond acceptors (Lipinski definition) is 4. The molecule has 0 amide bonds. The number of pyridine rings is 2. The Bertz CT molecular complexity index is 1010. The van der Waals surface area contributed by atoms with Crippen molar-refractivity contribution in [2.24, 2.45) is 0 Å². The van der Waals surface area contributed by atoms with Crippen LogP contribution in [0.5, 0.6) is 0 Å². The molecule has 0 unspecified atom stereocenters. The van der Waals surface area contributed by atoms with Gasteiger partial charge in [-0.3, -0.25) is 9.97 Å². The Morgan fingerprint density at radius 3 is 2.48 bits per heavy atom. The van der Waals surface area contributed by atoms with Crippen LogP contribution in [-0.2, 0) is 0 Å². The molecule has 4 nitrogen and oxygen atoms in total. The highest BCUT2D eigenvalue weighted by Crippen LogP contribution is 2.36. The second-order valence-corrected chi connectivity index (χ2v) is 8.12. The average molecular weight is 391 g/mol. The van der Waals surface area contributed by atoms with Crippen molar-refractivity contribution in [3.05, 3.63) is 46.8 Å². The minimum absolute atomic E-state index is 0.672. The largest absolute Gasteiger partial charge is 0.397 e. The monoisotopic (exact) mass is 390 g/mol. The predicted molar refractivity (Wildman–Crippen MR) is 126 cm³/mol. The summed E-state index contributed by atoms with van der Waals surface area (Å²) in [7, 11) is 0. The normalized spacial score (nSPS) is 11.2. The fourth-order valence-electron chi connectivity index (χ4n) is 3.90. The summed E-state index contributed by atoms with van der Waals surface area (Å²) in [5.74, 6) is 0. The maximum Gasteiger partial charge on any atom is 0.101 e. The number of anilines is 2. The van der Waals surface area contributed by atoms with Crippen LogP contribution in [0, 0.1) is 27.7 Å². The van der Waals surface area contributed by atoms with Gasteiger partial charge in [0, 0.05) is 23.5 Å². The van der Waals surface area contributed by atoms with Gasteiger partial charge in [0.05, 0.1) is 23.0 Å². The Kier molecular flexibility index (Phi) is 6.73. The highest BCUT2D eigenvalue weighted by Gasteiger charge is 2.16. The Hall–Kier alpha value is -2.62. The van der Waals surface area contributed by atoms with E-state index in [2.05, 4.69) is 51.2 Å². The topological polar surface area (TPSA) is 63.8 Å². The molecule has 3 aromatic rings. The minimum atomic E-state index is 0.672. The van der Waals surface area contributed by atoms with Gasteiger partial charge in [0.1, 0.15) is 5.52 Å². The lowest BCUT2D eigenvalue weighted by atomic mass is 9.95. The van der Waals surface area contributed by atoms with Crippen LogP contribution in [0.25, 0.3) is 22.2 Å². The maximum atomic E-state index is 6.37. The molecule has 0 spiro atoms. The van der Waals surface area contributed by atoms with Gasteiger partial charge in [-0.15, -0.1) is 0 Å². The minimum Gasteiger partial charge on any atom is -0.397 e. The van der Waals surface area contributed by atoms with Gasteiger partial charge in [0.15, 0.2) is 0 Å². The molecule has 0 fully saturated rings. The first-order valence-corrected chi connectivity index (χ1v) is 10.8. The smallest absolute Gasteiger partial charge is 0.101 e. The Balaban J connectivity index is 2.01. The number of fused-ring (bicyclic) bond motifs is 1. The van der Waals surface area contributed by atoms with E-state index in [0.29, 0.717) is 5.69 Å². The third-order valence-corrected chi connectivity index (χ3v) is 5.90. The molecule has 0 bridgehead atoms. The molecular weight excluding hydrogens is 356 g/mol. The quantitative estimate of drug-likeness (QED) is 0.431. The molecule has 0 aliphatic heterocycles. The molecule has 0 saturated carbocycles. The van der Waals surface area contributed by atoms with Crippen molar-refractivity contribution in [1.29, 1.82) is 0 Å². The van der Waals surface area contributed by atoms with Gasteiger partial charge >= 0.3 is 0 Å². The summed E-state index contributed by atoms with van der Waals surface area (Å²) < 4.78 is 0. The van der Waals surface area contributed by atoms with Gasteiger partial charge < -0.3 is 11.1 Å². The first-order valence-electron chi connectivity index (χ1n) is 10.8. The fraction of sp³-hybridized carbons (Fsp3) is 0.440. The van der Waals surface area contributed by atoms with E-state index in [-0.39, 0.29) is 0 Å². The molecule has 0 atom stereocenters. The third kappa shape index (κ3) is 4.52. The lowest BCUT2D eigenvalue weighted by Crippen LogP contribution is -2.06. The molecule has 2 aromatic heterocycles. The van der Waals surface area contributed by atoms with Crippen molar-refractivity contribution in [3.63, 3.8) is 0 Å². The Labute approximate surface area is 175 Å². The van der Waals surface area contributed by atoms with Crippen molar-refractivity contribution < 1.29 is 0 Å². The van der Waals surface area contributed by atoms with Crippen LogP contribution in [0.4, 0.5) is 11.4 Å². The zero-order valence-corrected chi connectivity index (χ0v) is 18.5. The maximum absolute atomic E-state index is 6.37. The van der Waals surface area contributed by atoms with Gasteiger partial charge in [-0.05, 0) is 56.9 Å². The van der Waals surface area contributed by atoms with Gasteiger partial charge in [-0.1, -0.05) is 44.7 Å². The zero-order chi connectivity index (χ0) is 21.0. The second kappa shape index (κ2) is 9.25. The standard InChI is InChI=1S/C25H34N4/c1-6-7-8-9-10-13-27-22-14-17(3)29-25-23(22)21(26)15-28-24(25)20-12-11-16(2)18(4)19(20)5/h11-12,14-15H,6-10,13,26H2,1-5H3,(H,27,29). The van der Waals surface area contributed by atoms with Gasteiger partial charge in [-0.2, -0.15) is 0 Å². The SMILES string of the molecule is CCCCCCCNc1cc(C)nc2c(-c3ccc(C)c(C)c3C)ncc(N)c12. The van der Waals surface area contributed by atoms with E-state index < -0.39 is 0 Å². The Morgan fingerprint density at radius 2 is 1.72 bits per heavy atom. The number of nitrogens with two attached hydrogens (primary N) is 1. The predicted octanol–water partition coefficient (Wildman–Crippen LogP) is 6.49. The number of unbranched alkanes of at least 4 members (excludes halogenated alkanes) is 4. The fourth-order valence-corrected chi connectivity index (χ4v) is 3.90. The second-order valence-electron chi connectivity index (χ2n) is 8.12. The van der Waals surface area contributed by atoms with Crippen molar-refractivity contribution in [2.45, 2.75) is 66.7 Å². The third-order valence-electron chi connectivity index (χ3n) is 5.90. The summed E-state index contributed by atoms with van der Waals surface area (Å²) in [6, 6.07) is 6.41. The van der Waals surface area contributed by atoms with Crippen LogP contribution in [0.15, 0.2) is 24.4 Å². The van der Waals surface area contributed by atoms with Crippen LogP contribution < -0.4 is 11.1 Å². The highest BCUT2D eigenvalue weighted by atomic mass is 14.9. The van der Waals surface area contributed by atoms with Gasteiger partial charge in [-0.25, -0.2) is 0 Å². The van der Waals surface area contributed by atoms with Crippen molar-refractivity contribution in [3.8, 4) is 11.3 Å². The molecule has 0 saturated heterocycles. The first kappa shape index (κ1) is 21.1. The van der Waals surface area contributed by atoms with Crippen molar-refractivity contribution in [2.75, 3.05) is 17.6 Å². The summed E-state index contributed by atoms with van der Waals surface area (Å²) in [5, 5.41) is 4.59. The van der Waals surface area contributed by atoms with Crippen LogP contribution in [0.1, 0.15) is 61.4 Å². The van der Waals surface area contributed by atoms with Crippen molar-refractivity contribution in [1.82, 2.24) is 9.97 Å². The van der Waals surface area contributed by atoms with Crippen molar-refractivity contribution >= 4 is 22.3 Å². The highest BCUT2D eigenvalue weighted by molar-refractivity contribution is 6.06. The van der Waals surface area contributed by atoms with E-state index >= 15 is 0 Å². The summed E-state index contributed by atoms with van der Waals surface area (Å²) in [6.45, 7) is 11.7. The summed E-state index contributed by atoms with van der Waals surface area (Å²) >= 11 is 0. The van der Waals surface area contributed by atoms with E-state index in [4.69, 9.17) is 15.7 Å². The number of nitrogen functional groups attached to an aromatic ring is 1. The van der Waals surface area contributed by atoms with Crippen LogP contribution in [-0.4, -0.2) is 16.5 Å². The molecular formula is C25H34N4. The number of nitrogens with zero attached hydrogens (tertiary/aromatic N) is 2. The van der Waals surface area contributed by atoms with E-state index in [1.54, 1.807) is 6.20 Å². The number of rotatable bonds is 8. The first-order chi connectivity index (χ1) is 13.9. The Morgan fingerprint density at radius 1 is 0.966 bits per heavy atom. The summed E-state index contributed by atoms with van der Waals surface area (Å²) in [6.07, 6.45) is 8.08. The van der Waals surface area contributed by atoms with E-state index in [9.17, 15) is 0 Å². The summed E-state index contributed by atoms with van der Waals surface area (Å²) in [5.41, 5.74) is 15.8. The number of aromatic nitrogens is 2. The molecule has 3 N–H and O–H groups in total. The lowest BCUT2D eigenvalue weighted by Gasteiger charge is -2.16. The molecule has 29 heavy (non-hydrogen) atoms. The average Bonchev–Trinajstić information content (AvgIpc) is 2.69. The number of hydrogen-bond donors (Lipinski definition) is 2. The molecule has 0 radical (unpaired) electrons. The van der Waals surface area contributed by atoms with E-state index in [1.807, 2.05) is 6.92 Å². The van der Waals surface area contributed by atoms with Crippen LogP contribution >= 0.6 is 0 Å². The number of aryl methyl sites for hydroxylation is 2. The number of nitrogens with one attached hydrogen (secondary N) is 1. The molecule has 0 aliphatic carbocycles. The van der Waals surface area contributed by atoms with Gasteiger partial charge in [0.25, 0.3) is 0 Å². The van der Waals surface area contributed by atoms with Crippen LogP contribution in [0.2, 0.25) is 0 Å². The molecule has 0 aliphatic rings. The van der Waals surface area contributed by atoms with Gasteiger partial charge in [0.2, 0.25) is 0 Å². The van der Waals surface area contributed by atoms with E-state index in [0.717, 1.165) is 46.5 Å². The molecule has 2 heterocycles.